The van der Waals surface area contributed by atoms with E-state index < -0.39 is 6.04 Å². The van der Waals surface area contributed by atoms with Gasteiger partial charge in [0.25, 0.3) is 5.91 Å². The zero-order valence-corrected chi connectivity index (χ0v) is 12.2. The van der Waals surface area contributed by atoms with E-state index in [0.29, 0.717) is 12.1 Å². The molecule has 0 aliphatic rings. The summed E-state index contributed by atoms with van der Waals surface area (Å²) in [7, 11) is 0. The Hall–Kier alpha value is -2.88. The van der Waals surface area contributed by atoms with Crippen LogP contribution in [-0.4, -0.2) is 18.4 Å². The summed E-state index contributed by atoms with van der Waals surface area (Å²) in [5, 5.41) is 5.49. The van der Waals surface area contributed by atoms with Crippen LogP contribution in [0, 0.1) is 0 Å². The normalized spacial score (nSPS) is 11.3. The minimum absolute atomic E-state index is 0.268. The van der Waals surface area contributed by atoms with Crippen LogP contribution in [-0.2, 0) is 4.79 Å². The highest BCUT2D eigenvalue weighted by atomic mass is 16.2. The number of carbonyl (C=O) groups excluding carboxylic acids is 2. The second-order valence-corrected chi connectivity index (χ2v) is 4.72. The van der Waals surface area contributed by atoms with E-state index in [1.165, 1.54) is 0 Å². The van der Waals surface area contributed by atoms with E-state index in [2.05, 4.69) is 17.2 Å². The fraction of sp³-hybridized carbons (Fsp3) is 0.111. The van der Waals surface area contributed by atoms with Crippen LogP contribution in [0.2, 0.25) is 0 Å². The van der Waals surface area contributed by atoms with Crippen LogP contribution in [0.1, 0.15) is 22.0 Å². The van der Waals surface area contributed by atoms with Crippen molar-refractivity contribution in [2.24, 2.45) is 0 Å². The molecule has 2 N–H and O–H groups in total. The van der Waals surface area contributed by atoms with E-state index in [1.807, 2.05) is 36.4 Å². The molecule has 0 bridgehead atoms. The van der Waals surface area contributed by atoms with Crippen molar-refractivity contribution < 1.29 is 9.59 Å². The standard InChI is InChI=1S/C18H18N2O2/c1-2-13-19-18(22)16(14-9-5-3-6-10-14)20-17(21)15-11-7-4-8-12-15/h2-12,16H,1,13H2,(H,19,22)(H,20,21). The van der Waals surface area contributed by atoms with Crippen molar-refractivity contribution >= 4 is 11.8 Å². The molecular formula is C18H18N2O2. The van der Waals surface area contributed by atoms with Gasteiger partial charge < -0.3 is 10.6 Å². The number of hydrogen-bond acceptors (Lipinski definition) is 2. The first-order valence-electron chi connectivity index (χ1n) is 7.02. The Kier molecular flexibility index (Phi) is 5.49. The molecule has 1 atom stereocenters. The average molecular weight is 294 g/mol. The molecule has 4 nitrogen and oxygen atoms in total. The van der Waals surface area contributed by atoms with Gasteiger partial charge in [0.05, 0.1) is 0 Å². The summed E-state index contributed by atoms with van der Waals surface area (Å²) in [6.45, 7) is 3.92. The van der Waals surface area contributed by atoms with Gasteiger partial charge in [-0.15, -0.1) is 6.58 Å². The highest BCUT2D eigenvalue weighted by Crippen LogP contribution is 2.14. The molecule has 0 heterocycles. The molecule has 2 rings (SSSR count). The number of rotatable bonds is 6. The van der Waals surface area contributed by atoms with Crippen molar-refractivity contribution in [1.29, 1.82) is 0 Å². The first-order valence-corrected chi connectivity index (χ1v) is 7.02. The highest BCUT2D eigenvalue weighted by Gasteiger charge is 2.22. The summed E-state index contributed by atoms with van der Waals surface area (Å²) in [4.78, 5) is 24.6. The smallest absolute Gasteiger partial charge is 0.252 e. The molecule has 4 heteroatoms. The van der Waals surface area contributed by atoms with Crippen LogP contribution >= 0.6 is 0 Å². The van der Waals surface area contributed by atoms with Crippen LogP contribution < -0.4 is 10.6 Å². The Bertz CT molecular complexity index is 639. The monoisotopic (exact) mass is 294 g/mol. The lowest BCUT2D eigenvalue weighted by Gasteiger charge is -2.18. The van der Waals surface area contributed by atoms with Crippen LogP contribution in [0.4, 0.5) is 0 Å². The van der Waals surface area contributed by atoms with E-state index in [1.54, 1.807) is 30.3 Å². The van der Waals surface area contributed by atoms with Gasteiger partial charge in [-0.2, -0.15) is 0 Å². The Morgan fingerprint density at radius 1 is 1.00 bits per heavy atom. The molecule has 2 amide bonds. The molecule has 112 valence electrons. The lowest BCUT2D eigenvalue weighted by atomic mass is 10.1. The predicted octanol–water partition coefficient (Wildman–Crippen LogP) is 2.46. The minimum atomic E-state index is -0.742. The summed E-state index contributed by atoms with van der Waals surface area (Å²) in [6.07, 6.45) is 1.60. The number of carbonyl (C=O) groups is 2. The van der Waals surface area contributed by atoms with E-state index in [4.69, 9.17) is 0 Å². The highest BCUT2D eigenvalue weighted by molar-refractivity contribution is 5.97. The maximum absolute atomic E-state index is 12.3. The molecule has 0 aliphatic heterocycles. The van der Waals surface area contributed by atoms with E-state index in [9.17, 15) is 9.59 Å². The van der Waals surface area contributed by atoms with Gasteiger partial charge in [-0.25, -0.2) is 0 Å². The van der Waals surface area contributed by atoms with Gasteiger partial charge in [-0.3, -0.25) is 9.59 Å². The Morgan fingerprint density at radius 2 is 1.59 bits per heavy atom. The van der Waals surface area contributed by atoms with Crippen molar-refractivity contribution in [3.63, 3.8) is 0 Å². The SMILES string of the molecule is C=CCNC(=O)C(NC(=O)c1ccccc1)c1ccccc1. The fourth-order valence-electron chi connectivity index (χ4n) is 2.02. The van der Waals surface area contributed by atoms with E-state index in [-0.39, 0.29) is 11.8 Å². The van der Waals surface area contributed by atoms with E-state index >= 15 is 0 Å². The van der Waals surface area contributed by atoms with Gasteiger partial charge in [0.1, 0.15) is 6.04 Å². The van der Waals surface area contributed by atoms with Gasteiger partial charge in [0, 0.05) is 12.1 Å². The number of nitrogens with one attached hydrogen (secondary N) is 2. The van der Waals surface area contributed by atoms with E-state index in [0.717, 1.165) is 5.56 Å². The molecule has 0 radical (unpaired) electrons. The van der Waals surface area contributed by atoms with Gasteiger partial charge in [0.2, 0.25) is 5.91 Å². The topological polar surface area (TPSA) is 58.2 Å². The molecule has 0 saturated heterocycles. The molecule has 0 aromatic heterocycles. The molecule has 2 aromatic carbocycles. The number of amides is 2. The van der Waals surface area contributed by atoms with Crippen molar-refractivity contribution in [2.75, 3.05) is 6.54 Å². The van der Waals surface area contributed by atoms with Crippen molar-refractivity contribution in [1.82, 2.24) is 10.6 Å². The Morgan fingerprint density at radius 3 is 2.18 bits per heavy atom. The van der Waals surface area contributed by atoms with Crippen LogP contribution in [0.3, 0.4) is 0 Å². The third-order valence-corrected chi connectivity index (χ3v) is 3.13. The van der Waals surface area contributed by atoms with Crippen molar-refractivity contribution in [3.8, 4) is 0 Å². The van der Waals surface area contributed by atoms with Crippen LogP contribution in [0.25, 0.3) is 0 Å². The molecule has 0 saturated carbocycles. The second kappa shape index (κ2) is 7.78. The summed E-state index contributed by atoms with van der Waals surface area (Å²) in [5.41, 5.74) is 1.24. The summed E-state index contributed by atoms with van der Waals surface area (Å²) < 4.78 is 0. The van der Waals surface area contributed by atoms with Gasteiger partial charge in [-0.05, 0) is 17.7 Å². The molecule has 0 spiro atoms. The molecule has 0 fully saturated rings. The van der Waals surface area contributed by atoms with Gasteiger partial charge >= 0.3 is 0 Å². The largest absolute Gasteiger partial charge is 0.351 e. The lowest BCUT2D eigenvalue weighted by molar-refractivity contribution is -0.122. The quantitative estimate of drug-likeness (QED) is 0.804. The fourth-order valence-corrected chi connectivity index (χ4v) is 2.02. The zero-order valence-electron chi connectivity index (χ0n) is 12.2. The third kappa shape index (κ3) is 4.06. The minimum Gasteiger partial charge on any atom is -0.351 e. The second-order valence-electron chi connectivity index (χ2n) is 4.72. The lowest BCUT2D eigenvalue weighted by Crippen LogP contribution is -2.40. The Balaban J connectivity index is 2.19. The first-order chi connectivity index (χ1) is 10.7. The predicted molar refractivity (Wildman–Crippen MR) is 86.3 cm³/mol. The van der Waals surface area contributed by atoms with Gasteiger partial charge in [0.15, 0.2) is 0 Å². The summed E-state index contributed by atoms with van der Waals surface area (Å²) >= 11 is 0. The van der Waals surface area contributed by atoms with Crippen molar-refractivity contribution in [3.05, 3.63) is 84.4 Å². The van der Waals surface area contributed by atoms with Crippen LogP contribution in [0.5, 0.6) is 0 Å². The maximum atomic E-state index is 12.3. The first kappa shape index (κ1) is 15.5. The Labute approximate surface area is 129 Å². The van der Waals surface area contributed by atoms with Crippen molar-refractivity contribution in [2.45, 2.75) is 6.04 Å². The van der Waals surface area contributed by atoms with Gasteiger partial charge in [-0.1, -0.05) is 54.6 Å². The number of benzene rings is 2. The molecule has 2 aromatic rings. The summed E-state index contributed by atoms with van der Waals surface area (Å²) in [5.74, 6) is -0.557. The zero-order chi connectivity index (χ0) is 15.8. The third-order valence-electron chi connectivity index (χ3n) is 3.13. The number of hydrogen-bond donors (Lipinski definition) is 2. The molecular weight excluding hydrogens is 276 g/mol. The molecule has 1 unspecified atom stereocenters. The molecule has 22 heavy (non-hydrogen) atoms. The summed E-state index contributed by atoms with van der Waals surface area (Å²) in [6, 6.07) is 17.2. The maximum Gasteiger partial charge on any atom is 0.252 e. The van der Waals surface area contributed by atoms with Crippen LogP contribution in [0.15, 0.2) is 73.3 Å². The average Bonchev–Trinajstić information content (AvgIpc) is 2.59. The molecule has 0 aliphatic carbocycles.